The molecule has 1 fully saturated rings. The Morgan fingerprint density at radius 3 is 3.06 bits per heavy atom. The molecule has 5 heteroatoms. The van der Waals surface area contributed by atoms with Gasteiger partial charge in [-0.15, -0.1) is 0 Å². The molecule has 3 heterocycles. The third kappa shape index (κ3) is 1.95. The molecule has 3 rings (SSSR count). The smallest absolute Gasteiger partial charge is 0.252 e. The largest absolute Gasteiger partial charge is 0.326 e. The fourth-order valence-corrected chi connectivity index (χ4v) is 3.08. The van der Waals surface area contributed by atoms with E-state index in [0.717, 1.165) is 31.7 Å². The van der Waals surface area contributed by atoms with Gasteiger partial charge in [-0.05, 0) is 24.9 Å². The highest BCUT2D eigenvalue weighted by atomic mass is 16.1. The van der Waals surface area contributed by atoms with Gasteiger partial charge in [-0.25, -0.2) is 0 Å². The quantitative estimate of drug-likeness (QED) is 0.760. The highest BCUT2D eigenvalue weighted by Gasteiger charge is 2.31. The van der Waals surface area contributed by atoms with Gasteiger partial charge in [-0.3, -0.25) is 9.59 Å². The Balaban J connectivity index is 2.04. The predicted octanol–water partition coefficient (Wildman–Crippen LogP) is 0.513. The monoisotopic (exact) mass is 247 g/mol. The first kappa shape index (κ1) is 11.5. The van der Waals surface area contributed by atoms with Crippen molar-refractivity contribution in [3.8, 4) is 0 Å². The summed E-state index contributed by atoms with van der Waals surface area (Å²) >= 11 is 0. The topological polar surface area (TPSA) is 63.1 Å². The van der Waals surface area contributed by atoms with Crippen LogP contribution < -0.4 is 16.2 Å². The zero-order chi connectivity index (χ0) is 12.7. The van der Waals surface area contributed by atoms with Gasteiger partial charge in [0.05, 0.1) is 0 Å². The molecule has 0 aliphatic carbocycles. The highest BCUT2D eigenvalue weighted by molar-refractivity contribution is 5.88. The van der Waals surface area contributed by atoms with Gasteiger partial charge in [0.1, 0.15) is 0 Å². The molecule has 96 valence electrons. The standard InChI is InChI=1S/C13H17N3O2/c1-8(17)15-11-3-12-10-2-9(5-14-6-10)7-16(12)13(18)4-11/h3-4,9-10,14H,2,5-7H2,1H3,(H,15,17)/t9?,10-/m0/s1. The highest BCUT2D eigenvalue weighted by Crippen LogP contribution is 2.32. The second-order valence-corrected chi connectivity index (χ2v) is 5.26. The van der Waals surface area contributed by atoms with Crippen molar-refractivity contribution in [1.82, 2.24) is 9.88 Å². The second-order valence-electron chi connectivity index (χ2n) is 5.26. The van der Waals surface area contributed by atoms with Crippen molar-refractivity contribution >= 4 is 11.6 Å². The summed E-state index contributed by atoms with van der Waals surface area (Å²) < 4.78 is 1.87. The lowest BCUT2D eigenvalue weighted by molar-refractivity contribution is -0.114. The Kier molecular flexibility index (Phi) is 2.70. The summed E-state index contributed by atoms with van der Waals surface area (Å²) in [5.74, 6) is 0.800. The van der Waals surface area contributed by atoms with Crippen molar-refractivity contribution in [2.24, 2.45) is 5.92 Å². The number of anilines is 1. The van der Waals surface area contributed by atoms with Crippen LogP contribution in [0, 0.1) is 5.92 Å². The van der Waals surface area contributed by atoms with Crippen LogP contribution in [0.5, 0.6) is 0 Å². The molecule has 2 bridgehead atoms. The Morgan fingerprint density at radius 1 is 1.44 bits per heavy atom. The maximum Gasteiger partial charge on any atom is 0.252 e. The Hall–Kier alpha value is -1.62. The normalized spacial score (nSPS) is 25.4. The summed E-state index contributed by atoms with van der Waals surface area (Å²) in [5.41, 5.74) is 1.66. The van der Waals surface area contributed by atoms with E-state index in [1.807, 2.05) is 10.6 Å². The Morgan fingerprint density at radius 2 is 2.28 bits per heavy atom. The maximum atomic E-state index is 12.1. The molecule has 0 saturated carbocycles. The minimum absolute atomic E-state index is 0.00662. The third-order valence-electron chi connectivity index (χ3n) is 3.78. The van der Waals surface area contributed by atoms with Gasteiger partial charge in [0.25, 0.3) is 5.56 Å². The zero-order valence-corrected chi connectivity index (χ0v) is 10.4. The molecule has 0 radical (unpaired) electrons. The third-order valence-corrected chi connectivity index (χ3v) is 3.78. The second kappa shape index (κ2) is 4.24. The summed E-state index contributed by atoms with van der Waals surface area (Å²) in [4.78, 5) is 23.2. The van der Waals surface area contributed by atoms with Gasteiger partial charge in [-0.1, -0.05) is 0 Å². The number of hydrogen-bond donors (Lipinski definition) is 2. The van der Waals surface area contributed by atoms with Crippen LogP contribution in [-0.4, -0.2) is 23.6 Å². The van der Waals surface area contributed by atoms with Crippen molar-refractivity contribution in [2.45, 2.75) is 25.8 Å². The van der Waals surface area contributed by atoms with Crippen molar-refractivity contribution in [1.29, 1.82) is 0 Å². The molecule has 2 aliphatic heterocycles. The Bertz CT molecular complexity index is 550. The number of fused-ring (bicyclic) bond motifs is 4. The average Bonchev–Trinajstić information content (AvgIpc) is 2.31. The van der Waals surface area contributed by atoms with E-state index in [-0.39, 0.29) is 11.5 Å². The van der Waals surface area contributed by atoms with Crippen molar-refractivity contribution in [2.75, 3.05) is 18.4 Å². The van der Waals surface area contributed by atoms with Crippen LogP contribution in [0.3, 0.4) is 0 Å². The lowest BCUT2D eigenvalue weighted by Crippen LogP contribution is -2.44. The number of nitrogens with zero attached hydrogens (tertiary/aromatic N) is 1. The predicted molar refractivity (Wildman–Crippen MR) is 68.7 cm³/mol. The number of aromatic nitrogens is 1. The van der Waals surface area contributed by atoms with Crippen molar-refractivity contribution < 1.29 is 4.79 Å². The molecule has 2 atom stereocenters. The minimum atomic E-state index is -0.144. The molecule has 1 aromatic rings. The van der Waals surface area contributed by atoms with E-state index in [1.54, 1.807) is 0 Å². The SMILES string of the molecule is CC(=O)Nc1cc2n(c(=O)c1)CC1CNC[C@@H]2C1. The van der Waals surface area contributed by atoms with Crippen LogP contribution in [0.2, 0.25) is 0 Å². The molecule has 1 amide bonds. The summed E-state index contributed by atoms with van der Waals surface area (Å²) in [6, 6.07) is 3.45. The fourth-order valence-electron chi connectivity index (χ4n) is 3.08. The van der Waals surface area contributed by atoms with Gasteiger partial charge < -0.3 is 15.2 Å². The summed E-state index contributed by atoms with van der Waals surface area (Å²) in [5, 5.41) is 6.10. The van der Waals surface area contributed by atoms with E-state index in [0.29, 0.717) is 17.5 Å². The maximum absolute atomic E-state index is 12.1. The number of rotatable bonds is 1. The van der Waals surface area contributed by atoms with E-state index in [1.165, 1.54) is 13.0 Å². The number of nitrogens with one attached hydrogen (secondary N) is 2. The number of hydrogen-bond acceptors (Lipinski definition) is 3. The lowest BCUT2D eigenvalue weighted by atomic mass is 9.84. The molecular weight excluding hydrogens is 230 g/mol. The molecule has 2 aliphatic rings. The minimum Gasteiger partial charge on any atom is -0.326 e. The molecular formula is C13H17N3O2. The summed E-state index contributed by atoms with van der Waals surface area (Å²) in [7, 11) is 0. The van der Waals surface area contributed by atoms with Crippen LogP contribution in [0.4, 0.5) is 5.69 Å². The Labute approximate surface area is 105 Å². The number of carbonyl (C=O) groups excluding carboxylic acids is 1. The number of pyridine rings is 1. The van der Waals surface area contributed by atoms with Gasteiger partial charge in [0.15, 0.2) is 0 Å². The molecule has 1 aromatic heterocycles. The van der Waals surface area contributed by atoms with E-state index >= 15 is 0 Å². The summed E-state index contributed by atoms with van der Waals surface area (Å²) in [6.07, 6.45) is 1.13. The van der Waals surface area contributed by atoms with Crippen LogP contribution >= 0.6 is 0 Å². The zero-order valence-electron chi connectivity index (χ0n) is 10.4. The van der Waals surface area contributed by atoms with Crippen LogP contribution in [-0.2, 0) is 11.3 Å². The number of amides is 1. The molecule has 1 unspecified atom stereocenters. The first-order valence-electron chi connectivity index (χ1n) is 6.36. The molecule has 0 aromatic carbocycles. The molecule has 0 spiro atoms. The van der Waals surface area contributed by atoms with Gasteiger partial charge in [-0.2, -0.15) is 0 Å². The molecule has 1 saturated heterocycles. The van der Waals surface area contributed by atoms with Gasteiger partial charge >= 0.3 is 0 Å². The van der Waals surface area contributed by atoms with Crippen LogP contribution in [0.15, 0.2) is 16.9 Å². The molecule has 5 nitrogen and oxygen atoms in total. The van der Waals surface area contributed by atoms with Crippen molar-refractivity contribution in [3.63, 3.8) is 0 Å². The first-order chi connectivity index (χ1) is 8.63. The first-order valence-corrected chi connectivity index (χ1v) is 6.36. The molecule has 18 heavy (non-hydrogen) atoms. The number of carbonyl (C=O) groups is 1. The van der Waals surface area contributed by atoms with Crippen LogP contribution in [0.25, 0.3) is 0 Å². The fraction of sp³-hybridized carbons (Fsp3) is 0.538. The number of piperidine rings is 1. The van der Waals surface area contributed by atoms with Crippen LogP contribution in [0.1, 0.15) is 25.0 Å². The van der Waals surface area contributed by atoms with E-state index in [9.17, 15) is 9.59 Å². The van der Waals surface area contributed by atoms with Crippen molar-refractivity contribution in [3.05, 3.63) is 28.2 Å². The van der Waals surface area contributed by atoms with E-state index in [2.05, 4.69) is 10.6 Å². The van der Waals surface area contributed by atoms with E-state index in [4.69, 9.17) is 0 Å². The summed E-state index contributed by atoms with van der Waals surface area (Å²) in [6.45, 7) is 4.16. The molecule has 2 N–H and O–H groups in total. The van der Waals surface area contributed by atoms with Gasteiger partial charge in [0, 0.05) is 43.4 Å². The van der Waals surface area contributed by atoms with E-state index < -0.39 is 0 Å². The lowest BCUT2D eigenvalue weighted by Gasteiger charge is -2.37. The van der Waals surface area contributed by atoms with Gasteiger partial charge in [0.2, 0.25) is 5.91 Å². The average molecular weight is 247 g/mol.